The molecule has 5 nitrogen and oxygen atoms in total. The number of nitro groups is 1. The molecule has 0 aliphatic carbocycles. The van der Waals surface area contributed by atoms with Crippen molar-refractivity contribution in [1.29, 1.82) is 0 Å². The van der Waals surface area contributed by atoms with Crippen molar-refractivity contribution < 1.29 is 9.72 Å². The number of carbonyl (C=O) groups excluding carboxylic acids is 1. The summed E-state index contributed by atoms with van der Waals surface area (Å²) in [6, 6.07) is 6.69. The maximum Gasteiger partial charge on any atom is 0.269 e. The van der Waals surface area contributed by atoms with Crippen LogP contribution in [-0.2, 0) is 11.3 Å². The van der Waals surface area contributed by atoms with E-state index in [9.17, 15) is 14.9 Å². The highest BCUT2D eigenvalue weighted by Gasteiger charge is 2.19. The summed E-state index contributed by atoms with van der Waals surface area (Å²) >= 11 is 0. The van der Waals surface area contributed by atoms with Crippen molar-refractivity contribution in [2.45, 2.75) is 19.4 Å². The zero-order chi connectivity index (χ0) is 13.0. The van der Waals surface area contributed by atoms with Crippen molar-refractivity contribution in [3.05, 3.63) is 39.9 Å². The van der Waals surface area contributed by atoms with Crippen molar-refractivity contribution in [3.63, 3.8) is 0 Å². The molecule has 1 saturated heterocycles. The number of aldehydes is 1. The second-order valence-corrected chi connectivity index (χ2v) is 4.70. The van der Waals surface area contributed by atoms with Gasteiger partial charge in [-0.3, -0.25) is 15.0 Å². The number of non-ortho nitro benzene ring substituents is 1. The Morgan fingerprint density at radius 3 is 3.06 bits per heavy atom. The standard InChI is InChI=1S/C13H16N2O3/c16-10-12-4-2-6-14(9-12)8-11-3-1-5-13(7-11)15(17)18/h1,3,5,7,10,12H,2,4,6,8-9H2. The number of rotatable bonds is 4. The van der Waals surface area contributed by atoms with Crippen molar-refractivity contribution in [2.75, 3.05) is 13.1 Å². The van der Waals surface area contributed by atoms with E-state index in [0.29, 0.717) is 6.54 Å². The predicted octanol–water partition coefficient (Wildman–Crippen LogP) is 2.01. The van der Waals surface area contributed by atoms with Crippen molar-refractivity contribution >= 4 is 12.0 Å². The highest BCUT2D eigenvalue weighted by atomic mass is 16.6. The first kappa shape index (κ1) is 12.7. The van der Waals surface area contributed by atoms with Gasteiger partial charge < -0.3 is 4.79 Å². The van der Waals surface area contributed by atoms with Crippen LogP contribution < -0.4 is 0 Å². The molecule has 1 atom stereocenters. The fourth-order valence-electron chi connectivity index (χ4n) is 2.37. The quantitative estimate of drug-likeness (QED) is 0.464. The first-order valence-corrected chi connectivity index (χ1v) is 6.10. The van der Waals surface area contributed by atoms with Gasteiger partial charge in [0.05, 0.1) is 4.92 Å². The zero-order valence-electron chi connectivity index (χ0n) is 10.1. The molecule has 1 aromatic rings. The van der Waals surface area contributed by atoms with Crippen LogP contribution in [0.3, 0.4) is 0 Å². The van der Waals surface area contributed by atoms with E-state index in [-0.39, 0.29) is 16.5 Å². The Morgan fingerprint density at radius 2 is 2.33 bits per heavy atom. The van der Waals surface area contributed by atoms with Crippen LogP contribution in [0.2, 0.25) is 0 Å². The van der Waals surface area contributed by atoms with Gasteiger partial charge in [-0.15, -0.1) is 0 Å². The largest absolute Gasteiger partial charge is 0.303 e. The minimum absolute atomic E-state index is 0.109. The number of nitro benzene ring substituents is 1. The van der Waals surface area contributed by atoms with Crippen LogP contribution in [0, 0.1) is 16.0 Å². The van der Waals surface area contributed by atoms with E-state index < -0.39 is 0 Å². The van der Waals surface area contributed by atoms with Gasteiger partial charge in [-0.2, -0.15) is 0 Å². The fourth-order valence-corrected chi connectivity index (χ4v) is 2.37. The lowest BCUT2D eigenvalue weighted by atomic mass is 9.99. The Hall–Kier alpha value is -1.75. The molecule has 0 amide bonds. The van der Waals surface area contributed by atoms with Gasteiger partial charge in [0, 0.05) is 31.1 Å². The smallest absolute Gasteiger partial charge is 0.269 e. The van der Waals surface area contributed by atoms with Gasteiger partial charge in [0.1, 0.15) is 6.29 Å². The molecule has 18 heavy (non-hydrogen) atoms. The van der Waals surface area contributed by atoms with Gasteiger partial charge in [0.2, 0.25) is 0 Å². The second-order valence-electron chi connectivity index (χ2n) is 4.70. The molecule has 1 heterocycles. The minimum atomic E-state index is -0.381. The maximum atomic E-state index is 10.8. The van der Waals surface area contributed by atoms with Gasteiger partial charge in [0.25, 0.3) is 5.69 Å². The van der Waals surface area contributed by atoms with E-state index in [2.05, 4.69) is 4.90 Å². The number of likely N-dealkylation sites (tertiary alicyclic amines) is 1. The lowest BCUT2D eigenvalue weighted by Gasteiger charge is -2.29. The predicted molar refractivity (Wildman–Crippen MR) is 67.2 cm³/mol. The fraction of sp³-hybridized carbons (Fsp3) is 0.462. The number of hydrogen-bond donors (Lipinski definition) is 0. The number of carbonyl (C=O) groups is 1. The van der Waals surface area contributed by atoms with Crippen LogP contribution in [0.5, 0.6) is 0 Å². The topological polar surface area (TPSA) is 63.5 Å². The van der Waals surface area contributed by atoms with Crippen LogP contribution in [0.25, 0.3) is 0 Å². The molecule has 1 aliphatic rings. The first-order chi connectivity index (χ1) is 8.69. The lowest BCUT2D eigenvalue weighted by molar-refractivity contribution is -0.384. The minimum Gasteiger partial charge on any atom is -0.303 e. The first-order valence-electron chi connectivity index (χ1n) is 6.10. The van der Waals surface area contributed by atoms with Crippen molar-refractivity contribution in [1.82, 2.24) is 4.90 Å². The molecule has 2 rings (SSSR count). The van der Waals surface area contributed by atoms with Crippen LogP contribution >= 0.6 is 0 Å². The van der Waals surface area contributed by atoms with Gasteiger partial charge in [-0.25, -0.2) is 0 Å². The molecule has 1 unspecified atom stereocenters. The second kappa shape index (κ2) is 5.73. The van der Waals surface area contributed by atoms with E-state index >= 15 is 0 Å². The van der Waals surface area contributed by atoms with E-state index in [1.807, 2.05) is 6.07 Å². The summed E-state index contributed by atoms with van der Waals surface area (Å²) in [5.41, 5.74) is 1.05. The van der Waals surface area contributed by atoms with Gasteiger partial charge in [0.15, 0.2) is 0 Å². The summed E-state index contributed by atoms with van der Waals surface area (Å²) in [6.07, 6.45) is 2.98. The number of nitrogens with zero attached hydrogens (tertiary/aromatic N) is 2. The Kier molecular flexibility index (Phi) is 4.04. The third-order valence-electron chi connectivity index (χ3n) is 3.26. The Labute approximate surface area is 106 Å². The summed E-state index contributed by atoms with van der Waals surface area (Å²) < 4.78 is 0. The summed E-state index contributed by atoms with van der Waals surface area (Å²) in [4.78, 5) is 23.3. The molecule has 0 bridgehead atoms. The summed E-state index contributed by atoms with van der Waals surface area (Å²) in [6.45, 7) is 2.38. The van der Waals surface area contributed by atoms with E-state index in [0.717, 1.165) is 37.8 Å². The molecule has 0 radical (unpaired) electrons. The molecular formula is C13H16N2O3. The number of piperidine rings is 1. The molecule has 0 spiro atoms. The molecule has 1 aromatic carbocycles. The average molecular weight is 248 g/mol. The molecular weight excluding hydrogens is 232 g/mol. The summed E-state index contributed by atoms with van der Waals surface area (Å²) in [5.74, 6) is 0.109. The monoisotopic (exact) mass is 248 g/mol. The third-order valence-corrected chi connectivity index (χ3v) is 3.26. The molecule has 1 fully saturated rings. The lowest BCUT2D eigenvalue weighted by Crippen LogP contribution is -2.35. The zero-order valence-corrected chi connectivity index (χ0v) is 10.1. The van der Waals surface area contributed by atoms with Gasteiger partial charge in [-0.05, 0) is 24.9 Å². The van der Waals surface area contributed by atoms with E-state index in [1.54, 1.807) is 12.1 Å². The van der Waals surface area contributed by atoms with Crippen molar-refractivity contribution in [2.24, 2.45) is 5.92 Å². The molecule has 0 aromatic heterocycles. The van der Waals surface area contributed by atoms with Crippen LogP contribution in [0.4, 0.5) is 5.69 Å². The summed E-state index contributed by atoms with van der Waals surface area (Å²) in [7, 11) is 0. The normalized spacial score (nSPS) is 20.6. The molecule has 5 heteroatoms. The van der Waals surface area contributed by atoms with Crippen molar-refractivity contribution in [3.8, 4) is 0 Å². The molecule has 1 aliphatic heterocycles. The maximum absolute atomic E-state index is 10.8. The highest BCUT2D eigenvalue weighted by molar-refractivity contribution is 5.54. The number of hydrogen-bond acceptors (Lipinski definition) is 4. The molecule has 0 saturated carbocycles. The van der Waals surface area contributed by atoms with Crippen LogP contribution in [0.1, 0.15) is 18.4 Å². The van der Waals surface area contributed by atoms with Crippen LogP contribution in [0.15, 0.2) is 24.3 Å². The molecule has 96 valence electrons. The van der Waals surface area contributed by atoms with Gasteiger partial charge >= 0.3 is 0 Å². The SMILES string of the molecule is O=CC1CCCN(Cc2cccc([N+](=O)[O-])c2)C1. The van der Waals surface area contributed by atoms with Gasteiger partial charge in [-0.1, -0.05) is 12.1 Å². The Balaban J connectivity index is 2.02. The summed E-state index contributed by atoms with van der Waals surface area (Å²) in [5, 5.41) is 10.7. The third kappa shape index (κ3) is 3.13. The van der Waals surface area contributed by atoms with E-state index in [1.165, 1.54) is 6.07 Å². The average Bonchev–Trinajstić information content (AvgIpc) is 2.39. The van der Waals surface area contributed by atoms with Crippen LogP contribution in [-0.4, -0.2) is 29.2 Å². The molecule has 0 N–H and O–H groups in total. The Morgan fingerprint density at radius 1 is 1.50 bits per heavy atom. The Bertz CT molecular complexity index is 448. The highest BCUT2D eigenvalue weighted by Crippen LogP contribution is 2.19. The number of benzene rings is 1. The van der Waals surface area contributed by atoms with E-state index in [4.69, 9.17) is 0 Å².